The van der Waals surface area contributed by atoms with Crippen molar-refractivity contribution in [1.29, 1.82) is 0 Å². The van der Waals surface area contributed by atoms with Gasteiger partial charge in [-0.05, 0) is 30.0 Å². The summed E-state index contributed by atoms with van der Waals surface area (Å²) in [6.45, 7) is 11.1. The highest BCUT2D eigenvalue weighted by Gasteiger charge is 2.08. The number of aryl methyl sites for hydroxylation is 1. The predicted molar refractivity (Wildman–Crippen MR) is 74.0 cm³/mol. The molecule has 0 aromatic heterocycles. The standard InChI is InChI=1S/C14H22ClNO/c1-11-5-6-12(15)13(9-11)17-8-7-16-10-14(2,3)4/h5-6,9,16H,7-8,10H2,1-4H3. The van der Waals surface area contributed by atoms with Gasteiger partial charge < -0.3 is 10.1 Å². The zero-order valence-electron chi connectivity index (χ0n) is 11.1. The maximum atomic E-state index is 6.04. The van der Waals surface area contributed by atoms with Crippen LogP contribution in [-0.2, 0) is 0 Å². The molecule has 0 spiro atoms. The minimum atomic E-state index is 0.307. The van der Waals surface area contributed by atoms with Crippen LogP contribution < -0.4 is 10.1 Å². The van der Waals surface area contributed by atoms with Crippen molar-refractivity contribution in [1.82, 2.24) is 5.32 Å². The van der Waals surface area contributed by atoms with Crippen molar-refractivity contribution >= 4 is 11.6 Å². The molecular weight excluding hydrogens is 234 g/mol. The van der Waals surface area contributed by atoms with Crippen LogP contribution in [0, 0.1) is 12.3 Å². The van der Waals surface area contributed by atoms with Crippen LogP contribution in [0.25, 0.3) is 0 Å². The number of nitrogens with one attached hydrogen (secondary N) is 1. The molecule has 1 aromatic rings. The molecule has 2 nitrogen and oxygen atoms in total. The summed E-state index contributed by atoms with van der Waals surface area (Å²) in [4.78, 5) is 0. The summed E-state index contributed by atoms with van der Waals surface area (Å²) in [6.07, 6.45) is 0. The maximum Gasteiger partial charge on any atom is 0.138 e. The highest BCUT2D eigenvalue weighted by molar-refractivity contribution is 6.32. The molecule has 0 atom stereocenters. The zero-order valence-corrected chi connectivity index (χ0v) is 11.9. The molecule has 0 unspecified atom stereocenters. The van der Waals surface area contributed by atoms with Gasteiger partial charge in [0.15, 0.2) is 0 Å². The first-order chi connectivity index (χ1) is 7.88. The van der Waals surface area contributed by atoms with E-state index in [9.17, 15) is 0 Å². The van der Waals surface area contributed by atoms with Gasteiger partial charge in [-0.15, -0.1) is 0 Å². The lowest BCUT2D eigenvalue weighted by molar-refractivity contribution is 0.297. The summed E-state index contributed by atoms with van der Waals surface area (Å²) in [5.74, 6) is 0.768. The Morgan fingerprint density at radius 2 is 2.00 bits per heavy atom. The predicted octanol–water partition coefficient (Wildman–Crippen LogP) is 3.66. The number of hydrogen-bond acceptors (Lipinski definition) is 2. The van der Waals surface area contributed by atoms with Crippen molar-refractivity contribution in [2.45, 2.75) is 27.7 Å². The maximum absolute atomic E-state index is 6.04. The van der Waals surface area contributed by atoms with E-state index in [0.29, 0.717) is 17.0 Å². The van der Waals surface area contributed by atoms with Crippen LogP contribution in [0.4, 0.5) is 0 Å². The molecule has 0 amide bonds. The van der Waals surface area contributed by atoms with Crippen molar-refractivity contribution in [3.63, 3.8) is 0 Å². The average Bonchev–Trinajstić information content (AvgIpc) is 2.21. The Morgan fingerprint density at radius 1 is 1.29 bits per heavy atom. The summed E-state index contributed by atoms with van der Waals surface area (Å²) < 4.78 is 5.64. The molecule has 1 N–H and O–H groups in total. The molecule has 0 saturated heterocycles. The lowest BCUT2D eigenvalue weighted by Crippen LogP contribution is -2.30. The molecule has 0 aliphatic rings. The van der Waals surface area contributed by atoms with Gasteiger partial charge in [0.05, 0.1) is 5.02 Å². The molecule has 0 heterocycles. The molecule has 3 heteroatoms. The van der Waals surface area contributed by atoms with Crippen molar-refractivity contribution in [3.05, 3.63) is 28.8 Å². The Labute approximate surface area is 109 Å². The first kappa shape index (κ1) is 14.3. The zero-order chi connectivity index (χ0) is 12.9. The molecule has 0 radical (unpaired) electrons. The van der Waals surface area contributed by atoms with Crippen molar-refractivity contribution < 1.29 is 4.74 Å². The highest BCUT2D eigenvalue weighted by atomic mass is 35.5. The Bertz CT molecular complexity index is 358. The first-order valence-electron chi connectivity index (χ1n) is 5.98. The number of ether oxygens (including phenoxy) is 1. The smallest absolute Gasteiger partial charge is 0.138 e. The Kier molecular flexibility index (Phi) is 5.29. The van der Waals surface area contributed by atoms with Crippen LogP contribution >= 0.6 is 11.6 Å². The van der Waals surface area contributed by atoms with Crippen LogP contribution in [0.5, 0.6) is 5.75 Å². The van der Waals surface area contributed by atoms with Crippen LogP contribution in [-0.4, -0.2) is 19.7 Å². The van der Waals surface area contributed by atoms with Gasteiger partial charge in [-0.3, -0.25) is 0 Å². The van der Waals surface area contributed by atoms with Gasteiger partial charge in [-0.1, -0.05) is 38.4 Å². The quantitative estimate of drug-likeness (QED) is 0.811. The molecule has 1 aromatic carbocycles. The molecule has 0 bridgehead atoms. The molecule has 17 heavy (non-hydrogen) atoms. The third-order valence-electron chi connectivity index (χ3n) is 2.28. The SMILES string of the molecule is Cc1ccc(Cl)c(OCCNCC(C)(C)C)c1. The van der Waals surface area contributed by atoms with E-state index in [2.05, 4.69) is 26.1 Å². The fraction of sp³-hybridized carbons (Fsp3) is 0.571. The monoisotopic (exact) mass is 255 g/mol. The van der Waals surface area contributed by atoms with E-state index in [4.69, 9.17) is 16.3 Å². The van der Waals surface area contributed by atoms with Crippen LogP contribution in [0.1, 0.15) is 26.3 Å². The second kappa shape index (κ2) is 6.27. The summed E-state index contributed by atoms with van der Waals surface area (Å²) in [6, 6.07) is 5.81. The Morgan fingerprint density at radius 3 is 2.65 bits per heavy atom. The minimum absolute atomic E-state index is 0.307. The lowest BCUT2D eigenvalue weighted by atomic mass is 9.97. The molecule has 0 aliphatic heterocycles. The number of rotatable bonds is 5. The van der Waals surface area contributed by atoms with Crippen molar-refractivity contribution in [2.75, 3.05) is 19.7 Å². The van der Waals surface area contributed by atoms with Gasteiger partial charge in [-0.25, -0.2) is 0 Å². The second-order valence-corrected chi connectivity index (χ2v) is 5.93. The third kappa shape index (κ3) is 5.94. The first-order valence-corrected chi connectivity index (χ1v) is 6.36. The van der Waals surface area contributed by atoms with Gasteiger partial charge in [0, 0.05) is 13.1 Å². The van der Waals surface area contributed by atoms with E-state index in [-0.39, 0.29) is 0 Å². The van der Waals surface area contributed by atoms with E-state index >= 15 is 0 Å². The van der Waals surface area contributed by atoms with Crippen LogP contribution in [0.3, 0.4) is 0 Å². The van der Waals surface area contributed by atoms with E-state index in [1.807, 2.05) is 25.1 Å². The molecule has 1 rings (SSSR count). The average molecular weight is 256 g/mol. The summed E-state index contributed by atoms with van der Waals surface area (Å²) in [7, 11) is 0. The van der Waals surface area contributed by atoms with Crippen molar-refractivity contribution in [3.8, 4) is 5.75 Å². The van der Waals surface area contributed by atoms with E-state index in [0.717, 1.165) is 24.4 Å². The van der Waals surface area contributed by atoms with Gasteiger partial charge in [-0.2, -0.15) is 0 Å². The minimum Gasteiger partial charge on any atom is -0.491 e. The van der Waals surface area contributed by atoms with Gasteiger partial charge in [0.25, 0.3) is 0 Å². The van der Waals surface area contributed by atoms with E-state index in [1.54, 1.807) is 0 Å². The van der Waals surface area contributed by atoms with Crippen LogP contribution in [0.15, 0.2) is 18.2 Å². The Hall–Kier alpha value is -0.730. The summed E-state index contributed by atoms with van der Waals surface area (Å²) in [5.41, 5.74) is 1.47. The fourth-order valence-electron chi connectivity index (χ4n) is 1.42. The molecule has 0 fully saturated rings. The summed E-state index contributed by atoms with van der Waals surface area (Å²) in [5, 5.41) is 4.03. The fourth-order valence-corrected chi connectivity index (χ4v) is 1.59. The summed E-state index contributed by atoms with van der Waals surface area (Å²) >= 11 is 6.04. The van der Waals surface area contributed by atoms with Crippen molar-refractivity contribution in [2.24, 2.45) is 5.41 Å². The van der Waals surface area contributed by atoms with Gasteiger partial charge in [0.1, 0.15) is 12.4 Å². The normalized spacial score (nSPS) is 11.6. The lowest BCUT2D eigenvalue weighted by Gasteiger charge is -2.18. The second-order valence-electron chi connectivity index (χ2n) is 5.52. The largest absolute Gasteiger partial charge is 0.491 e. The highest BCUT2D eigenvalue weighted by Crippen LogP contribution is 2.24. The molecule has 0 aliphatic carbocycles. The number of benzene rings is 1. The molecule has 96 valence electrons. The number of hydrogen-bond donors (Lipinski definition) is 1. The third-order valence-corrected chi connectivity index (χ3v) is 2.59. The van der Waals surface area contributed by atoms with Gasteiger partial charge >= 0.3 is 0 Å². The van der Waals surface area contributed by atoms with Gasteiger partial charge in [0.2, 0.25) is 0 Å². The van der Waals surface area contributed by atoms with Crippen LogP contribution in [0.2, 0.25) is 5.02 Å². The Balaban J connectivity index is 2.29. The topological polar surface area (TPSA) is 21.3 Å². The number of halogens is 1. The molecular formula is C14H22ClNO. The molecule has 0 saturated carbocycles. The van der Waals surface area contributed by atoms with E-state index < -0.39 is 0 Å². The van der Waals surface area contributed by atoms with E-state index in [1.165, 1.54) is 0 Å².